The van der Waals surface area contributed by atoms with Crippen LogP contribution in [0.4, 0.5) is 13.2 Å². The minimum atomic E-state index is -2.81. The van der Waals surface area contributed by atoms with Crippen LogP contribution in [0, 0.1) is 12.7 Å². The maximum absolute atomic E-state index is 14.7. The van der Waals surface area contributed by atoms with Gasteiger partial charge in [-0.25, -0.2) is 22.9 Å². The van der Waals surface area contributed by atoms with Crippen LogP contribution in [0.25, 0.3) is 11.1 Å². The Bertz CT molecular complexity index is 960. The number of fused-ring (bicyclic) bond motifs is 1. The van der Waals surface area contributed by atoms with Crippen molar-refractivity contribution in [3.8, 4) is 17.0 Å². The van der Waals surface area contributed by atoms with Gasteiger partial charge < -0.3 is 9.47 Å². The van der Waals surface area contributed by atoms with E-state index in [1.807, 2.05) is 0 Å². The third-order valence-electron chi connectivity index (χ3n) is 5.04. The monoisotopic (exact) mass is 436 g/mol. The molecule has 0 amide bonds. The van der Waals surface area contributed by atoms with Gasteiger partial charge in [-0.15, -0.1) is 0 Å². The summed E-state index contributed by atoms with van der Waals surface area (Å²) in [5, 5.41) is 0. The zero-order valence-corrected chi connectivity index (χ0v) is 18.2. The van der Waals surface area contributed by atoms with Crippen molar-refractivity contribution in [3.05, 3.63) is 46.9 Å². The molecule has 1 aliphatic heterocycles. The summed E-state index contributed by atoms with van der Waals surface area (Å²) in [4.78, 5) is 18.2. The van der Waals surface area contributed by atoms with Gasteiger partial charge in [-0.2, -0.15) is 0 Å². The lowest BCUT2D eigenvalue weighted by Crippen LogP contribution is -2.40. The van der Waals surface area contributed by atoms with Crippen molar-refractivity contribution in [3.63, 3.8) is 0 Å². The summed E-state index contributed by atoms with van der Waals surface area (Å²) in [6.45, 7) is 4.41. The van der Waals surface area contributed by atoms with Crippen LogP contribution < -0.4 is 4.74 Å². The van der Waals surface area contributed by atoms with Crippen molar-refractivity contribution < 1.29 is 27.4 Å². The van der Waals surface area contributed by atoms with E-state index in [9.17, 15) is 18.0 Å². The van der Waals surface area contributed by atoms with Crippen molar-refractivity contribution in [1.82, 2.24) is 9.88 Å². The van der Waals surface area contributed by atoms with Gasteiger partial charge in [-0.3, -0.25) is 4.90 Å². The topological polar surface area (TPSA) is 51.7 Å². The molecule has 0 N–H and O–H groups in total. The molecule has 0 fully saturated rings. The van der Waals surface area contributed by atoms with Gasteiger partial charge >= 0.3 is 5.97 Å². The Morgan fingerprint density at radius 3 is 2.71 bits per heavy atom. The number of carbonyl (C=O) groups excluding carboxylic acids is 1. The average molecular weight is 436 g/mol. The molecule has 2 aromatic rings. The number of ether oxygens (including phenoxy) is 2. The number of benzene rings is 1. The lowest BCUT2D eigenvalue weighted by Gasteiger charge is -2.31. The number of alkyl halides is 2. The van der Waals surface area contributed by atoms with Crippen LogP contribution in [-0.2, 0) is 11.2 Å². The van der Waals surface area contributed by atoms with Crippen LogP contribution in [0.15, 0.2) is 24.3 Å². The van der Waals surface area contributed by atoms with Gasteiger partial charge in [0.25, 0.3) is 5.92 Å². The van der Waals surface area contributed by atoms with E-state index >= 15 is 0 Å². The predicted octanol–water partition coefficient (Wildman–Crippen LogP) is 4.65. The molecule has 1 unspecified atom stereocenters. The summed E-state index contributed by atoms with van der Waals surface area (Å²) in [6.07, 6.45) is 0.711. The molecule has 0 saturated heterocycles. The molecule has 168 valence electrons. The van der Waals surface area contributed by atoms with E-state index in [4.69, 9.17) is 9.47 Å². The Kier molecular flexibility index (Phi) is 6.89. The molecular formula is C23H27F3N2O3. The molecular weight excluding hydrogens is 409 g/mol. The van der Waals surface area contributed by atoms with Crippen molar-refractivity contribution in [2.75, 3.05) is 26.7 Å². The number of hydrogen-bond donors (Lipinski definition) is 0. The molecule has 0 aliphatic carbocycles. The molecule has 1 aliphatic rings. The number of nitrogens with zero attached hydrogens (tertiary/aromatic N) is 2. The van der Waals surface area contributed by atoms with Gasteiger partial charge in [0, 0.05) is 24.6 Å². The zero-order chi connectivity index (χ0) is 22.8. The SMILES string of the molecule is CCOC(=O)c1cc(-c2ccc(C)cc2F)c2c(n1)OC(CN(C)CC(C)(F)F)CC2. The molecule has 2 heterocycles. The number of pyridine rings is 1. The largest absolute Gasteiger partial charge is 0.473 e. The standard InChI is InChI=1S/C23H27F3N2O3/c1-5-30-22(29)20-11-18(16-8-6-14(2)10-19(16)24)17-9-7-15(31-21(17)27-20)12-28(4)13-23(3,25)26/h6,8,10-11,15H,5,7,9,12-13H2,1-4H3. The Labute approximate surface area is 180 Å². The smallest absolute Gasteiger partial charge is 0.357 e. The molecule has 0 saturated carbocycles. The van der Waals surface area contributed by atoms with Gasteiger partial charge in [-0.1, -0.05) is 12.1 Å². The van der Waals surface area contributed by atoms with Gasteiger partial charge in [0.05, 0.1) is 13.2 Å². The molecule has 0 spiro atoms. The van der Waals surface area contributed by atoms with Gasteiger partial charge in [0.2, 0.25) is 5.88 Å². The van der Waals surface area contributed by atoms with Crippen LogP contribution >= 0.6 is 0 Å². The van der Waals surface area contributed by atoms with E-state index in [-0.39, 0.29) is 30.8 Å². The molecule has 0 bridgehead atoms. The highest BCUT2D eigenvalue weighted by Gasteiger charge is 2.30. The quantitative estimate of drug-likeness (QED) is 0.592. The lowest BCUT2D eigenvalue weighted by molar-refractivity contribution is -0.0167. The highest BCUT2D eigenvalue weighted by molar-refractivity contribution is 5.90. The molecule has 8 heteroatoms. The van der Waals surface area contributed by atoms with E-state index in [1.165, 1.54) is 17.0 Å². The molecule has 5 nitrogen and oxygen atoms in total. The fraction of sp³-hybridized carbons (Fsp3) is 0.478. The van der Waals surface area contributed by atoms with E-state index in [2.05, 4.69) is 4.98 Å². The second-order valence-electron chi connectivity index (χ2n) is 8.09. The van der Waals surface area contributed by atoms with Crippen molar-refractivity contribution >= 4 is 5.97 Å². The highest BCUT2D eigenvalue weighted by Crippen LogP contribution is 2.37. The van der Waals surface area contributed by atoms with Gasteiger partial charge in [-0.05, 0) is 57.0 Å². The summed E-state index contributed by atoms with van der Waals surface area (Å²) in [7, 11) is 1.60. The van der Waals surface area contributed by atoms with Crippen LogP contribution in [0.2, 0.25) is 0 Å². The van der Waals surface area contributed by atoms with Crippen LogP contribution in [0.5, 0.6) is 5.88 Å². The number of hydrogen-bond acceptors (Lipinski definition) is 5. The Morgan fingerprint density at radius 1 is 1.32 bits per heavy atom. The molecule has 3 rings (SSSR count). The Balaban J connectivity index is 1.96. The Hall–Kier alpha value is -2.61. The molecule has 1 aromatic carbocycles. The van der Waals surface area contributed by atoms with Gasteiger partial charge in [0.15, 0.2) is 5.69 Å². The number of halogens is 3. The molecule has 31 heavy (non-hydrogen) atoms. The average Bonchev–Trinajstić information content (AvgIpc) is 2.65. The molecule has 1 aromatic heterocycles. The third kappa shape index (κ3) is 5.76. The maximum Gasteiger partial charge on any atom is 0.357 e. The van der Waals surface area contributed by atoms with E-state index in [1.54, 1.807) is 33.0 Å². The number of rotatable bonds is 7. The minimum Gasteiger partial charge on any atom is -0.473 e. The van der Waals surface area contributed by atoms with Crippen LogP contribution in [0.3, 0.4) is 0 Å². The summed E-state index contributed by atoms with van der Waals surface area (Å²) in [5.74, 6) is -3.64. The first-order valence-corrected chi connectivity index (χ1v) is 10.3. The van der Waals surface area contributed by atoms with Gasteiger partial charge in [0.1, 0.15) is 11.9 Å². The number of aromatic nitrogens is 1. The van der Waals surface area contributed by atoms with E-state index in [0.29, 0.717) is 29.5 Å². The van der Waals surface area contributed by atoms with Crippen LogP contribution in [0.1, 0.15) is 41.9 Å². The van der Waals surface area contributed by atoms with Crippen molar-refractivity contribution in [1.29, 1.82) is 0 Å². The normalized spacial score (nSPS) is 16.1. The molecule has 1 atom stereocenters. The third-order valence-corrected chi connectivity index (χ3v) is 5.04. The Morgan fingerprint density at radius 2 is 2.06 bits per heavy atom. The van der Waals surface area contributed by atoms with Crippen molar-refractivity contribution in [2.45, 2.75) is 45.6 Å². The first-order chi connectivity index (χ1) is 14.6. The second-order valence-corrected chi connectivity index (χ2v) is 8.09. The zero-order valence-electron chi connectivity index (χ0n) is 18.2. The number of carbonyl (C=O) groups is 1. The molecule has 0 radical (unpaired) electrons. The predicted molar refractivity (Wildman–Crippen MR) is 111 cm³/mol. The summed E-state index contributed by atoms with van der Waals surface area (Å²) >= 11 is 0. The summed E-state index contributed by atoms with van der Waals surface area (Å²) in [6, 6.07) is 6.41. The first kappa shape index (κ1) is 23.1. The fourth-order valence-electron chi connectivity index (χ4n) is 3.81. The van der Waals surface area contributed by atoms with Crippen molar-refractivity contribution in [2.24, 2.45) is 0 Å². The highest BCUT2D eigenvalue weighted by atomic mass is 19.3. The van der Waals surface area contributed by atoms with Crippen LogP contribution in [-0.4, -0.2) is 54.6 Å². The number of aryl methyl sites for hydroxylation is 1. The van der Waals surface area contributed by atoms with E-state index in [0.717, 1.165) is 12.5 Å². The van der Waals surface area contributed by atoms with E-state index < -0.39 is 24.3 Å². The number of esters is 1. The number of likely N-dealkylation sites (N-methyl/N-ethyl adjacent to an activating group) is 1. The summed E-state index contributed by atoms with van der Waals surface area (Å²) < 4.78 is 52.4. The minimum absolute atomic E-state index is 0.0182. The summed E-state index contributed by atoms with van der Waals surface area (Å²) in [5.41, 5.74) is 2.36. The second kappa shape index (κ2) is 9.26. The first-order valence-electron chi connectivity index (χ1n) is 10.3. The lowest BCUT2D eigenvalue weighted by atomic mass is 9.93. The fourth-order valence-corrected chi connectivity index (χ4v) is 3.81. The maximum atomic E-state index is 14.7.